The van der Waals surface area contributed by atoms with Crippen molar-refractivity contribution in [1.29, 1.82) is 0 Å². The lowest BCUT2D eigenvalue weighted by molar-refractivity contribution is -0.137. The Morgan fingerprint density at radius 3 is 2.06 bits per heavy atom. The van der Waals surface area contributed by atoms with E-state index in [1.165, 1.54) is 69.9 Å². The summed E-state index contributed by atoms with van der Waals surface area (Å²) in [6.45, 7) is 3.11. The number of aliphatic imine (C=N–C) groups is 1. The molecule has 0 saturated carbocycles. The zero-order chi connectivity index (χ0) is 23.9. The normalized spacial score (nSPS) is 11.9. The first-order chi connectivity index (χ1) is 15.9. The molecule has 0 N–H and O–H groups in total. The highest BCUT2D eigenvalue weighted by atomic mass is 35.5. The van der Waals surface area contributed by atoms with Crippen molar-refractivity contribution in [2.45, 2.75) is 83.9 Å². The molecular formula is C27H35ClF3NO. The van der Waals surface area contributed by atoms with E-state index < -0.39 is 11.7 Å². The van der Waals surface area contributed by atoms with Crippen molar-refractivity contribution < 1.29 is 17.9 Å². The van der Waals surface area contributed by atoms with E-state index in [1.807, 2.05) is 18.3 Å². The molecule has 182 valence electrons. The largest absolute Gasteiger partial charge is 0.489 e. The van der Waals surface area contributed by atoms with Crippen LogP contribution in [0, 0.1) is 0 Å². The molecule has 0 fully saturated rings. The van der Waals surface area contributed by atoms with Gasteiger partial charge in [0.05, 0.1) is 10.6 Å². The maximum atomic E-state index is 13.0. The monoisotopic (exact) mass is 481 g/mol. The van der Waals surface area contributed by atoms with E-state index in [0.717, 1.165) is 24.6 Å². The van der Waals surface area contributed by atoms with Crippen molar-refractivity contribution in [3.8, 4) is 5.75 Å². The molecule has 0 bridgehead atoms. The fraction of sp³-hybridized carbons (Fsp3) is 0.519. The summed E-state index contributed by atoms with van der Waals surface area (Å²) in [7, 11) is 0. The summed E-state index contributed by atoms with van der Waals surface area (Å²) in [6.07, 6.45) is 10.4. The second-order valence-corrected chi connectivity index (χ2v) is 8.79. The zero-order valence-electron chi connectivity index (χ0n) is 19.5. The minimum atomic E-state index is -4.48. The Bertz CT molecular complexity index is 834. The molecule has 0 heterocycles. The highest BCUT2D eigenvalue weighted by molar-refractivity contribution is 6.31. The molecule has 0 aliphatic carbocycles. The standard InChI is InChI=1S/C27H35ClF3NO/c1-2-3-4-5-6-7-8-9-10-11-18-32-20-22-12-15-24(16-13-22)33-21-23-14-17-26(28)25(19-23)27(29,30)31/h12-17,19-20H,2-11,18,21H2,1H3. The average Bonchev–Trinajstić information content (AvgIpc) is 2.79. The van der Waals surface area contributed by atoms with Crippen LogP contribution in [-0.2, 0) is 12.8 Å². The van der Waals surface area contributed by atoms with Gasteiger partial charge in [-0.3, -0.25) is 4.99 Å². The Labute approximate surface area is 201 Å². The van der Waals surface area contributed by atoms with Crippen LogP contribution in [0.4, 0.5) is 13.2 Å². The summed E-state index contributed by atoms with van der Waals surface area (Å²) in [5.41, 5.74) is 0.536. The quantitative estimate of drug-likeness (QED) is 0.183. The fourth-order valence-corrected chi connectivity index (χ4v) is 3.78. The van der Waals surface area contributed by atoms with Gasteiger partial charge in [0.25, 0.3) is 0 Å². The van der Waals surface area contributed by atoms with Crippen LogP contribution in [0.3, 0.4) is 0 Å². The molecule has 2 aromatic rings. The second kappa shape index (κ2) is 15.0. The number of hydrogen-bond donors (Lipinski definition) is 0. The first kappa shape index (κ1) is 27.2. The van der Waals surface area contributed by atoms with Gasteiger partial charge in [0.2, 0.25) is 0 Å². The molecule has 0 unspecified atom stereocenters. The Morgan fingerprint density at radius 1 is 0.848 bits per heavy atom. The van der Waals surface area contributed by atoms with E-state index in [1.54, 1.807) is 12.1 Å². The molecule has 0 radical (unpaired) electrons. The summed E-state index contributed by atoms with van der Waals surface area (Å²) in [4.78, 5) is 4.49. The van der Waals surface area contributed by atoms with Gasteiger partial charge in [-0.25, -0.2) is 0 Å². The first-order valence-corrected chi connectivity index (χ1v) is 12.4. The molecule has 6 heteroatoms. The van der Waals surface area contributed by atoms with Gasteiger partial charge < -0.3 is 4.74 Å². The first-order valence-electron chi connectivity index (χ1n) is 12.0. The molecule has 2 aromatic carbocycles. The Kier molecular flexibility index (Phi) is 12.4. The molecule has 33 heavy (non-hydrogen) atoms. The van der Waals surface area contributed by atoms with Crippen LogP contribution in [0.25, 0.3) is 0 Å². The molecule has 0 aliphatic rings. The fourth-order valence-electron chi connectivity index (χ4n) is 3.56. The van der Waals surface area contributed by atoms with Crippen LogP contribution in [0.2, 0.25) is 5.02 Å². The van der Waals surface area contributed by atoms with Crippen molar-refractivity contribution in [3.63, 3.8) is 0 Å². The summed E-state index contributed by atoms with van der Waals surface area (Å²) >= 11 is 5.65. The predicted octanol–water partition coefficient (Wildman–Crippen LogP) is 9.28. The minimum absolute atomic E-state index is 0.0342. The smallest absolute Gasteiger partial charge is 0.417 e. The molecule has 0 aromatic heterocycles. The van der Waals surface area contributed by atoms with Gasteiger partial charge >= 0.3 is 6.18 Å². The number of benzene rings is 2. The van der Waals surface area contributed by atoms with E-state index in [2.05, 4.69) is 11.9 Å². The Hall–Kier alpha value is -2.01. The van der Waals surface area contributed by atoms with Crippen molar-refractivity contribution in [2.75, 3.05) is 6.54 Å². The van der Waals surface area contributed by atoms with Gasteiger partial charge in [-0.2, -0.15) is 13.2 Å². The van der Waals surface area contributed by atoms with Crippen molar-refractivity contribution in [1.82, 2.24) is 0 Å². The average molecular weight is 482 g/mol. The van der Waals surface area contributed by atoms with E-state index >= 15 is 0 Å². The van der Waals surface area contributed by atoms with Crippen LogP contribution in [0.5, 0.6) is 5.75 Å². The number of halogens is 4. The lowest BCUT2D eigenvalue weighted by Gasteiger charge is -2.12. The number of ether oxygens (including phenoxy) is 1. The summed E-state index contributed by atoms with van der Waals surface area (Å²) < 4.78 is 44.5. The highest BCUT2D eigenvalue weighted by Gasteiger charge is 2.33. The lowest BCUT2D eigenvalue weighted by atomic mass is 10.1. The van der Waals surface area contributed by atoms with Gasteiger partial charge in [-0.1, -0.05) is 82.4 Å². The molecule has 0 aliphatic heterocycles. The second-order valence-electron chi connectivity index (χ2n) is 8.39. The van der Waals surface area contributed by atoms with Gasteiger partial charge in [-0.05, 0) is 53.9 Å². The van der Waals surface area contributed by atoms with Crippen LogP contribution in [0.1, 0.15) is 87.8 Å². The summed E-state index contributed by atoms with van der Waals surface area (Å²) in [6, 6.07) is 11.2. The van der Waals surface area contributed by atoms with Gasteiger partial charge in [0.15, 0.2) is 0 Å². The number of unbranched alkanes of at least 4 members (excludes halogenated alkanes) is 9. The van der Waals surface area contributed by atoms with Gasteiger partial charge in [0, 0.05) is 12.8 Å². The predicted molar refractivity (Wildman–Crippen MR) is 132 cm³/mol. The Balaban J connectivity index is 1.63. The number of alkyl halides is 3. The number of rotatable bonds is 15. The maximum Gasteiger partial charge on any atom is 0.417 e. The maximum absolute atomic E-state index is 13.0. The molecule has 0 spiro atoms. The third kappa shape index (κ3) is 11.1. The molecular weight excluding hydrogens is 447 g/mol. The summed E-state index contributed by atoms with van der Waals surface area (Å²) in [5.74, 6) is 0.588. The van der Waals surface area contributed by atoms with Gasteiger partial charge in [0.1, 0.15) is 12.4 Å². The van der Waals surface area contributed by atoms with Crippen molar-refractivity contribution >= 4 is 17.8 Å². The number of hydrogen-bond acceptors (Lipinski definition) is 2. The van der Waals surface area contributed by atoms with E-state index in [9.17, 15) is 13.2 Å². The van der Waals surface area contributed by atoms with Gasteiger partial charge in [-0.15, -0.1) is 0 Å². The van der Waals surface area contributed by atoms with Crippen molar-refractivity contribution in [2.24, 2.45) is 4.99 Å². The van der Waals surface area contributed by atoms with E-state index in [4.69, 9.17) is 16.3 Å². The highest BCUT2D eigenvalue weighted by Crippen LogP contribution is 2.35. The lowest BCUT2D eigenvalue weighted by Crippen LogP contribution is -2.07. The topological polar surface area (TPSA) is 21.6 Å². The molecule has 0 atom stereocenters. The van der Waals surface area contributed by atoms with E-state index in [0.29, 0.717) is 11.3 Å². The van der Waals surface area contributed by atoms with E-state index in [-0.39, 0.29) is 11.6 Å². The van der Waals surface area contributed by atoms with Crippen LogP contribution < -0.4 is 4.74 Å². The van der Waals surface area contributed by atoms with Crippen LogP contribution >= 0.6 is 11.6 Å². The zero-order valence-corrected chi connectivity index (χ0v) is 20.2. The number of nitrogens with zero attached hydrogens (tertiary/aromatic N) is 1. The molecule has 0 saturated heterocycles. The molecule has 0 amide bonds. The minimum Gasteiger partial charge on any atom is -0.489 e. The SMILES string of the molecule is CCCCCCCCCCCCN=Cc1ccc(OCc2ccc(Cl)c(C(F)(F)F)c2)cc1. The summed E-state index contributed by atoms with van der Waals surface area (Å²) in [5, 5.41) is -0.312. The Morgan fingerprint density at radius 2 is 1.45 bits per heavy atom. The van der Waals surface area contributed by atoms with Crippen LogP contribution in [-0.4, -0.2) is 12.8 Å². The molecule has 2 nitrogen and oxygen atoms in total. The van der Waals surface area contributed by atoms with Crippen molar-refractivity contribution in [3.05, 3.63) is 64.2 Å². The van der Waals surface area contributed by atoms with Crippen LogP contribution in [0.15, 0.2) is 47.5 Å². The third-order valence-corrected chi connectivity index (χ3v) is 5.83. The third-order valence-electron chi connectivity index (χ3n) is 5.50. The molecule has 2 rings (SSSR count).